The molecule has 26 heavy (non-hydrogen) atoms. The fourth-order valence-corrected chi connectivity index (χ4v) is 2.86. The molecular formula is C21H15N3O2. The van der Waals surface area contributed by atoms with Gasteiger partial charge < -0.3 is 0 Å². The standard InChI is InChI=1S/C21H15N3O2/c25-20(17-10-5-8-14-6-1-3-9-16(14)17)23-24-21(26)19-13-12-15-7-2-4-11-18(15)22-19/h1-13H,(H,23,25)(H,24,26). The van der Waals surface area contributed by atoms with Crippen molar-refractivity contribution in [1.82, 2.24) is 15.8 Å². The number of fused-ring (bicyclic) bond motifs is 2. The Morgan fingerprint density at radius 1 is 0.654 bits per heavy atom. The van der Waals surface area contributed by atoms with Crippen LogP contribution in [0.25, 0.3) is 21.7 Å². The zero-order valence-corrected chi connectivity index (χ0v) is 13.8. The van der Waals surface area contributed by atoms with Crippen molar-refractivity contribution >= 4 is 33.5 Å². The first-order chi connectivity index (χ1) is 12.7. The molecule has 0 bridgehead atoms. The topological polar surface area (TPSA) is 71.1 Å². The molecule has 0 saturated carbocycles. The molecule has 2 N–H and O–H groups in total. The van der Waals surface area contributed by atoms with Gasteiger partial charge in [0.15, 0.2) is 0 Å². The van der Waals surface area contributed by atoms with Gasteiger partial charge in [0.05, 0.1) is 5.52 Å². The van der Waals surface area contributed by atoms with Crippen LogP contribution in [0.15, 0.2) is 78.9 Å². The molecule has 0 unspecified atom stereocenters. The summed E-state index contributed by atoms with van der Waals surface area (Å²) in [5.41, 5.74) is 6.34. The summed E-state index contributed by atoms with van der Waals surface area (Å²) < 4.78 is 0. The molecule has 126 valence electrons. The largest absolute Gasteiger partial charge is 0.288 e. The average Bonchev–Trinajstić information content (AvgIpc) is 2.71. The number of aromatic nitrogens is 1. The molecule has 0 aliphatic heterocycles. The molecule has 5 heteroatoms. The van der Waals surface area contributed by atoms with Crippen molar-refractivity contribution in [1.29, 1.82) is 0 Å². The summed E-state index contributed by atoms with van der Waals surface area (Å²) in [4.78, 5) is 29.1. The number of benzene rings is 3. The monoisotopic (exact) mass is 341 g/mol. The van der Waals surface area contributed by atoms with E-state index in [1.165, 1.54) is 0 Å². The Labute approximate surface area is 149 Å². The number of pyridine rings is 1. The lowest BCUT2D eigenvalue weighted by Gasteiger charge is -2.09. The third-order valence-corrected chi connectivity index (χ3v) is 4.15. The number of carbonyl (C=O) groups is 2. The molecule has 3 aromatic carbocycles. The number of nitrogens with zero attached hydrogens (tertiary/aromatic N) is 1. The molecule has 1 heterocycles. The second-order valence-electron chi connectivity index (χ2n) is 5.82. The zero-order valence-electron chi connectivity index (χ0n) is 13.8. The van der Waals surface area contributed by atoms with Crippen molar-refractivity contribution in [3.8, 4) is 0 Å². The van der Waals surface area contributed by atoms with Gasteiger partial charge in [-0.05, 0) is 29.0 Å². The number of hydrogen-bond acceptors (Lipinski definition) is 3. The maximum atomic E-state index is 12.5. The lowest BCUT2D eigenvalue weighted by atomic mass is 10.0. The van der Waals surface area contributed by atoms with Gasteiger partial charge in [0.25, 0.3) is 11.8 Å². The van der Waals surface area contributed by atoms with Crippen LogP contribution >= 0.6 is 0 Å². The minimum atomic E-state index is -0.468. The van der Waals surface area contributed by atoms with E-state index in [4.69, 9.17) is 0 Å². The summed E-state index contributed by atoms with van der Waals surface area (Å²) in [6, 6.07) is 24.0. The number of hydrazine groups is 1. The molecule has 0 aliphatic carbocycles. The predicted molar refractivity (Wildman–Crippen MR) is 101 cm³/mol. The van der Waals surface area contributed by atoms with Crippen LogP contribution in [0.5, 0.6) is 0 Å². The highest BCUT2D eigenvalue weighted by Gasteiger charge is 2.12. The molecule has 0 atom stereocenters. The highest BCUT2D eigenvalue weighted by atomic mass is 16.2. The van der Waals surface area contributed by atoms with E-state index in [0.717, 1.165) is 21.7 Å². The predicted octanol–water partition coefficient (Wildman–Crippen LogP) is 3.46. The number of carbonyl (C=O) groups excluding carboxylic acids is 2. The lowest BCUT2D eigenvalue weighted by molar-refractivity contribution is 0.0845. The van der Waals surface area contributed by atoms with Crippen LogP contribution < -0.4 is 10.9 Å². The Bertz CT molecular complexity index is 1130. The Morgan fingerprint density at radius 3 is 2.23 bits per heavy atom. The fraction of sp³-hybridized carbons (Fsp3) is 0. The maximum Gasteiger partial charge on any atom is 0.288 e. The Balaban J connectivity index is 1.52. The minimum absolute atomic E-state index is 0.238. The van der Waals surface area contributed by atoms with Crippen molar-refractivity contribution in [3.05, 3.63) is 90.1 Å². The highest BCUT2D eigenvalue weighted by Crippen LogP contribution is 2.18. The fourth-order valence-electron chi connectivity index (χ4n) is 2.86. The number of amides is 2. The van der Waals surface area contributed by atoms with Crippen LogP contribution in [0.4, 0.5) is 0 Å². The number of hydrogen-bond donors (Lipinski definition) is 2. The summed E-state index contributed by atoms with van der Waals surface area (Å²) in [7, 11) is 0. The molecule has 2 amide bonds. The number of nitrogens with one attached hydrogen (secondary N) is 2. The number of para-hydroxylation sites is 1. The van der Waals surface area contributed by atoms with E-state index < -0.39 is 5.91 Å². The molecule has 0 fully saturated rings. The Kier molecular flexibility index (Phi) is 4.03. The molecule has 4 aromatic rings. The SMILES string of the molecule is O=C(NNC(=O)c1cccc2ccccc12)c1ccc2ccccc2n1. The Hall–Kier alpha value is -3.73. The molecule has 0 aliphatic rings. The van der Waals surface area contributed by atoms with Gasteiger partial charge >= 0.3 is 0 Å². The quantitative estimate of drug-likeness (QED) is 0.549. The van der Waals surface area contributed by atoms with E-state index >= 15 is 0 Å². The first kappa shape index (κ1) is 15.8. The van der Waals surface area contributed by atoms with Crippen molar-refractivity contribution in [3.63, 3.8) is 0 Å². The normalized spacial score (nSPS) is 10.6. The first-order valence-corrected chi connectivity index (χ1v) is 8.16. The molecular weight excluding hydrogens is 326 g/mol. The van der Waals surface area contributed by atoms with Crippen molar-refractivity contribution in [2.45, 2.75) is 0 Å². The van der Waals surface area contributed by atoms with Crippen LogP contribution in [-0.4, -0.2) is 16.8 Å². The van der Waals surface area contributed by atoms with E-state index in [1.807, 2.05) is 66.7 Å². The zero-order chi connectivity index (χ0) is 17.9. The Morgan fingerprint density at radius 2 is 1.35 bits per heavy atom. The van der Waals surface area contributed by atoms with Crippen molar-refractivity contribution < 1.29 is 9.59 Å². The second kappa shape index (κ2) is 6.64. The summed E-state index contributed by atoms with van der Waals surface area (Å²) in [5, 5.41) is 2.73. The summed E-state index contributed by atoms with van der Waals surface area (Å²) in [5.74, 6) is -0.847. The van der Waals surface area contributed by atoms with Crippen LogP contribution in [0.3, 0.4) is 0 Å². The molecule has 0 spiro atoms. The smallest absolute Gasteiger partial charge is 0.267 e. The van der Waals surface area contributed by atoms with Gasteiger partial charge in [-0.15, -0.1) is 0 Å². The summed E-state index contributed by atoms with van der Waals surface area (Å²) in [6.45, 7) is 0. The molecule has 0 radical (unpaired) electrons. The van der Waals surface area contributed by atoms with Crippen molar-refractivity contribution in [2.24, 2.45) is 0 Å². The first-order valence-electron chi connectivity index (χ1n) is 8.16. The second-order valence-corrected chi connectivity index (χ2v) is 5.82. The third kappa shape index (κ3) is 2.98. The van der Waals surface area contributed by atoms with Gasteiger partial charge in [-0.2, -0.15) is 0 Å². The van der Waals surface area contributed by atoms with Gasteiger partial charge in [0.1, 0.15) is 5.69 Å². The summed E-state index contributed by atoms with van der Waals surface area (Å²) in [6.07, 6.45) is 0. The third-order valence-electron chi connectivity index (χ3n) is 4.15. The van der Waals surface area contributed by atoms with Crippen LogP contribution in [0, 0.1) is 0 Å². The maximum absolute atomic E-state index is 12.5. The molecule has 1 aromatic heterocycles. The van der Waals surface area contributed by atoms with E-state index in [1.54, 1.807) is 12.1 Å². The van der Waals surface area contributed by atoms with E-state index in [0.29, 0.717) is 5.56 Å². The lowest BCUT2D eigenvalue weighted by Crippen LogP contribution is -2.42. The van der Waals surface area contributed by atoms with E-state index in [2.05, 4.69) is 15.8 Å². The van der Waals surface area contributed by atoms with E-state index in [-0.39, 0.29) is 11.6 Å². The van der Waals surface area contributed by atoms with Gasteiger partial charge in [-0.3, -0.25) is 20.4 Å². The number of rotatable bonds is 2. The average molecular weight is 341 g/mol. The van der Waals surface area contributed by atoms with Crippen molar-refractivity contribution in [2.75, 3.05) is 0 Å². The molecule has 0 saturated heterocycles. The van der Waals surface area contributed by atoms with Crippen LogP contribution in [0.1, 0.15) is 20.8 Å². The highest BCUT2D eigenvalue weighted by molar-refractivity contribution is 6.08. The van der Waals surface area contributed by atoms with Gasteiger partial charge in [0.2, 0.25) is 0 Å². The van der Waals surface area contributed by atoms with Gasteiger partial charge in [0, 0.05) is 10.9 Å². The summed E-state index contributed by atoms with van der Waals surface area (Å²) >= 11 is 0. The minimum Gasteiger partial charge on any atom is -0.267 e. The molecule has 5 nitrogen and oxygen atoms in total. The van der Waals surface area contributed by atoms with Gasteiger partial charge in [-0.25, -0.2) is 4.98 Å². The van der Waals surface area contributed by atoms with Gasteiger partial charge in [-0.1, -0.05) is 60.7 Å². The molecule has 4 rings (SSSR count). The van der Waals surface area contributed by atoms with E-state index in [9.17, 15) is 9.59 Å². The van der Waals surface area contributed by atoms with Crippen LogP contribution in [0.2, 0.25) is 0 Å². The van der Waals surface area contributed by atoms with Crippen LogP contribution in [-0.2, 0) is 0 Å².